The van der Waals surface area contributed by atoms with Gasteiger partial charge < -0.3 is 36.6 Å². The van der Waals surface area contributed by atoms with Gasteiger partial charge in [0.25, 0.3) is 11.8 Å². The largest absolute Gasteiger partial charge is 1.00 e. The van der Waals surface area contributed by atoms with Gasteiger partial charge in [0.05, 0.1) is 21.6 Å². The third-order valence-corrected chi connectivity index (χ3v) is 11.2. The van der Waals surface area contributed by atoms with Gasteiger partial charge in [-0.05, 0) is 31.0 Å². The summed E-state index contributed by atoms with van der Waals surface area (Å²) in [5.74, 6) is -4.14. The van der Waals surface area contributed by atoms with Gasteiger partial charge in [0.1, 0.15) is 39.6 Å². The second kappa shape index (κ2) is 15.2. The van der Waals surface area contributed by atoms with Crippen LogP contribution in [-0.4, -0.2) is 88.9 Å². The SMILES string of the molecule is CC(C)(O/N=C(\C(=O)N[C@@H]1C(=O)N2C(C(=O)[O-])=C(CSc3snc(SCC(=N)N)c3C#N)CS[C@@H]12)c1csc(N)n1)C(=O)O.[Na+]. The Morgan fingerprint density at radius 3 is 2.69 bits per heavy atom. The molecule has 2 aliphatic rings. The summed E-state index contributed by atoms with van der Waals surface area (Å²) in [5, 5.41) is 45.8. The number of nitrogens with one attached hydrogen (secondary N) is 2. The third kappa shape index (κ3) is 8.12. The first-order chi connectivity index (χ1) is 20.7. The van der Waals surface area contributed by atoms with Crippen molar-refractivity contribution in [3.8, 4) is 6.07 Å². The van der Waals surface area contributed by atoms with Crippen LogP contribution >= 0.6 is 58.2 Å². The molecule has 22 heteroatoms. The van der Waals surface area contributed by atoms with Crippen LogP contribution in [0.1, 0.15) is 25.1 Å². The van der Waals surface area contributed by atoms with Crippen molar-refractivity contribution in [1.82, 2.24) is 19.6 Å². The molecule has 2 aliphatic heterocycles. The van der Waals surface area contributed by atoms with Gasteiger partial charge in [-0.1, -0.05) is 16.9 Å². The Morgan fingerprint density at radius 2 is 2.11 bits per heavy atom. The van der Waals surface area contributed by atoms with E-state index in [9.17, 15) is 34.7 Å². The van der Waals surface area contributed by atoms with Gasteiger partial charge in [0.15, 0.2) is 10.8 Å². The first-order valence-electron chi connectivity index (χ1n) is 12.1. The number of carbonyl (C=O) groups is 4. The maximum atomic E-state index is 13.2. The van der Waals surface area contributed by atoms with Crippen molar-refractivity contribution in [2.45, 2.75) is 40.1 Å². The number of nitrogens with zero attached hydrogens (tertiary/aromatic N) is 5. The van der Waals surface area contributed by atoms with E-state index >= 15 is 0 Å². The number of β-lactam (4-membered cyclic amide) rings is 1. The Labute approximate surface area is 298 Å². The first kappa shape index (κ1) is 36.6. The van der Waals surface area contributed by atoms with Crippen molar-refractivity contribution in [2.75, 3.05) is 23.0 Å². The molecule has 0 saturated carbocycles. The molecule has 1 saturated heterocycles. The van der Waals surface area contributed by atoms with Crippen molar-refractivity contribution in [1.29, 1.82) is 10.7 Å². The summed E-state index contributed by atoms with van der Waals surface area (Å²) in [7, 11) is 0. The van der Waals surface area contributed by atoms with Gasteiger partial charge >= 0.3 is 35.5 Å². The van der Waals surface area contributed by atoms with E-state index in [2.05, 4.69) is 25.9 Å². The monoisotopic (exact) mass is 719 g/mol. The Morgan fingerprint density at radius 1 is 1.40 bits per heavy atom. The molecule has 0 aromatic carbocycles. The number of rotatable bonds is 13. The van der Waals surface area contributed by atoms with Crippen LogP contribution in [0.15, 0.2) is 31.0 Å². The van der Waals surface area contributed by atoms with Crippen molar-refractivity contribution >= 4 is 98.6 Å². The summed E-state index contributed by atoms with van der Waals surface area (Å²) in [4.78, 5) is 60.1. The van der Waals surface area contributed by atoms with E-state index in [1.807, 2.05) is 0 Å². The zero-order chi connectivity index (χ0) is 32.3. The molecule has 0 aliphatic carbocycles. The van der Waals surface area contributed by atoms with Crippen molar-refractivity contribution in [3.05, 3.63) is 27.9 Å². The molecule has 0 spiro atoms. The maximum absolute atomic E-state index is 13.2. The van der Waals surface area contributed by atoms with Gasteiger partial charge in [-0.25, -0.2) is 9.78 Å². The first-order valence-corrected chi connectivity index (χ1v) is 16.8. The van der Waals surface area contributed by atoms with Crippen LogP contribution in [0, 0.1) is 16.7 Å². The topological polar surface area (TPSA) is 274 Å². The number of thiazole rings is 1. The fourth-order valence-electron chi connectivity index (χ4n) is 3.64. The zero-order valence-corrected chi connectivity index (χ0v) is 29.8. The number of oxime groups is 1. The molecule has 4 rings (SSSR count). The molecule has 45 heavy (non-hydrogen) atoms. The van der Waals surface area contributed by atoms with E-state index in [-0.39, 0.29) is 69.2 Å². The fraction of sp³-hybridized carbons (Fsp3) is 0.348. The van der Waals surface area contributed by atoms with E-state index in [1.54, 1.807) is 0 Å². The molecule has 16 nitrogen and oxygen atoms in total. The molecule has 1 fully saturated rings. The van der Waals surface area contributed by atoms with Gasteiger partial charge in [-0.15, -0.1) is 34.9 Å². The number of hydrogen-bond donors (Lipinski definition) is 5. The molecule has 7 N–H and O–H groups in total. The molecule has 0 radical (unpaired) electrons. The Hall–Kier alpha value is -2.84. The number of nitriles is 1. The summed E-state index contributed by atoms with van der Waals surface area (Å²) in [6.45, 7) is 2.45. The van der Waals surface area contributed by atoms with Crippen LogP contribution in [0.5, 0.6) is 0 Å². The Balaban J connectivity index is 0.00000552. The minimum Gasteiger partial charge on any atom is -0.543 e. The normalized spacial score (nSPS) is 17.8. The number of aromatic nitrogens is 2. The number of carboxylic acid groups (broad SMARTS) is 2. The summed E-state index contributed by atoms with van der Waals surface area (Å²) in [6, 6.07) is 0.933. The standard InChI is InChI=1S/C23H23N9O7S5.Na/c1-23(2,21(37)38)39-30-12(10-6-43-22(27)28-10)15(33)29-13-17(34)32-14(19(35)36)8(4-41-18(13)32)5-42-20-9(3-24)16(31-44-20)40-7-11(25)26;/h6,13,18H,4-5,7H2,1-2H3,(H3,25,26)(H2,27,28)(H,29,33)(H,35,36)(H,37,38);/q;+1/p-1/b30-12-;/t13-,18+;/m1./s1. The van der Waals surface area contributed by atoms with Crippen LogP contribution in [0.2, 0.25) is 0 Å². The smallest absolute Gasteiger partial charge is 0.543 e. The van der Waals surface area contributed by atoms with E-state index in [0.717, 1.165) is 39.5 Å². The number of carboxylic acids is 2. The van der Waals surface area contributed by atoms with E-state index in [1.165, 1.54) is 42.8 Å². The number of amidine groups is 1. The molecule has 2 aromatic heterocycles. The average molecular weight is 720 g/mol. The number of nitrogens with two attached hydrogens (primary N) is 2. The molecule has 0 bridgehead atoms. The number of amides is 2. The summed E-state index contributed by atoms with van der Waals surface area (Å²) >= 11 is 5.60. The summed E-state index contributed by atoms with van der Waals surface area (Å²) in [5.41, 5.74) is 9.19. The number of hydrogen-bond acceptors (Lipinski definition) is 17. The molecule has 0 unspecified atom stereocenters. The van der Waals surface area contributed by atoms with Gasteiger partial charge in [0.2, 0.25) is 5.60 Å². The van der Waals surface area contributed by atoms with Gasteiger partial charge in [-0.2, -0.15) is 9.64 Å². The van der Waals surface area contributed by atoms with Crippen LogP contribution in [0.25, 0.3) is 0 Å². The van der Waals surface area contributed by atoms with Crippen molar-refractivity contribution in [2.24, 2.45) is 10.9 Å². The molecule has 232 valence electrons. The molecule has 4 heterocycles. The predicted octanol–water partition coefficient (Wildman–Crippen LogP) is -3.13. The third-order valence-electron chi connectivity index (χ3n) is 5.87. The Kier molecular flexibility index (Phi) is 12.3. The van der Waals surface area contributed by atoms with Gasteiger partial charge in [0, 0.05) is 16.9 Å². The second-order valence-electron chi connectivity index (χ2n) is 9.38. The summed E-state index contributed by atoms with van der Waals surface area (Å²) < 4.78 is 4.77. The number of anilines is 1. The number of carbonyl (C=O) groups excluding carboxylic acids is 3. The number of nitrogen functional groups attached to an aromatic ring is 1. The summed E-state index contributed by atoms with van der Waals surface area (Å²) in [6.07, 6.45) is 0. The van der Waals surface area contributed by atoms with Crippen LogP contribution in [-0.2, 0) is 24.0 Å². The van der Waals surface area contributed by atoms with Gasteiger partial charge in [-0.3, -0.25) is 19.9 Å². The van der Waals surface area contributed by atoms with Crippen LogP contribution < -0.4 is 51.4 Å². The maximum Gasteiger partial charge on any atom is 1.00 e. The number of fused-ring (bicyclic) bond motifs is 1. The predicted molar refractivity (Wildman–Crippen MR) is 163 cm³/mol. The van der Waals surface area contributed by atoms with Crippen LogP contribution in [0.4, 0.5) is 5.13 Å². The molecule has 2 aromatic rings. The second-order valence-corrected chi connectivity index (χ2v) is 14.4. The van der Waals surface area contributed by atoms with Crippen LogP contribution in [0.3, 0.4) is 0 Å². The molecular weight excluding hydrogens is 698 g/mol. The number of thioether (sulfide) groups is 3. The van der Waals surface area contributed by atoms with Crippen molar-refractivity contribution in [3.63, 3.8) is 0 Å². The minimum atomic E-state index is -1.79. The van der Waals surface area contributed by atoms with E-state index in [0.29, 0.717) is 20.4 Å². The van der Waals surface area contributed by atoms with Crippen molar-refractivity contribution < 1.29 is 63.8 Å². The molecular formula is C23H22N9NaO7S5. The van der Waals surface area contributed by atoms with E-state index in [4.69, 9.17) is 21.7 Å². The number of aliphatic carboxylic acids is 2. The zero-order valence-electron chi connectivity index (χ0n) is 23.7. The quantitative estimate of drug-likeness (QED) is 0.0342. The van der Waals surface area contributed by atoms with E-state index < -0.39 is 46.5 Å². The molecule has 2 atom stereocenters. The average Bonchev–Trinajstić information content (AvgIpc) is 3.58. The fourth-order valence-corrected chi connectivity index (χ4v) is 8.52. The Bertz CT molecular complexity index is 1650. The minimum absolute atomic E-state index is 0. The molecule has 2 amide bonds.